The third kappa shape index (κ3) is 2.03. The molecule has 0 saturated carbocycles. The molecule has 2 rings (SSSR count). The van der Waals surface area contributed by atoms with Gasteiger partial charge in [-0.2, -0.15) is 0 Å². The summed E-state index contributed by atoms with van der Waals surface area (Å²) in [6, 6.07) is 5.35. The Labute approximate surface area is 113 Å². The van der Waals surface area contributed by atoms with E-state index < -0.39 is 0 Å². The maximum Gasteiger partial charge on any atom is 0.155 e. The molecule has 14 heavy (non-hydrogen) atoms. The van der Waals surface area contributed by atoms with E-state index in [0.717, 1.165) is 5.39 Å². The normalized spacial score (nSPS) is 9.86. The molecule has 0 saturated heterocycles. The summed E-state index contributed by atoms with van der Waals surface area (Å²) in [6.45, 7) is 0. The Morgan fingerprint density at radius 1 is 1.43 bits per heavy atom. The molecule has 0 unspecified atom stereocenters. The van der Waals surface area contributed by atoms with Crippen LogP contribution >= 0.6 is 34.2 Å². The minimum atomic E-state index is 0. The third-order valence-electron chi connectivity index (χ3n) is 1.77. The molecule has 0 fully saturated rings. The Balaban J connectivity index is 0.000000980. The molecule has 0 aliphatic heterocycles. The van der Waals surface area contributed by atoms with Crippen molar-refractivity contribution in [3.8, 4) is 5.75 Å². The van der Waals surface area contributed by atoms with Gasteiger partial charge in [0.15, 0.2) is 5.75 Å². The van der Waals surface area contributed by atoms with Gasteiger partial charge in [-0.1, -0.05) is 11.6 Å². The predicted molar refractivity (Wildman–Crippen MR) is 61.1 cm³/mol. The number of pyridine rings is 1. The van der Waals surface area contributed by atoms with Crippen molar-refractivity contribution in [1.82, 2.24) is 4.98 Å². The van der Waals surface area contributed by atoms with Crippen LogP contribution in [0.5, 0.6) is 5.75 Å². The van der Waals surface area contributed by atoms with Gasteiger partial charge in [-0.05, 0) is 40.8 Å². The molecule has 1 heterocycles. The van der Waals surface area contributed by atoms with Gasteiger partial charge in [0.25, 0.3) is 0 Å². The van der Waals surface area contributed by atoms with Crippen molar-refractivity contribution < 1.29 is 25.2 Å². The average molecular weight is 404 g/mol. The molecule has 0 aliphatic rings. The Hall–Kier alpha value is 0.0994. The van der Waals surface area contributed by atoms with Crippen molar-refractivity contribution in [2.45, 2.75) is 0 Å². The molecule has 0 atom stereocenters. The molecule has 1 aromatic carbocycles. The van der Waals surface area contributed by atoms with Crippen LogP contribution in [-0.4, -0.2) is 10.1 Å². The van der Waals surface area contributed by atoms with Gasteiger partial charge in [0, 0.05) is 31.7 Å². The van der Waals surface area contributed by atoms with E-state index in [0.29, 0.717) is 14.1 Å². The fraction of sp³-hybridized carbons (Fsp3) is 0. The first-order chi connectivity index (χ1) is 6.20. The first-order valence-electron chi connectivity index (χ1n) is 3.62. The van der Waals surface area contributed by atoms with Crippen LogP contribution in [-0.2, 0) is 20.1 Å². The zero-order valence-electron chi connectivity index (χ0n) is 6.84. The van der Waals surface area contributed by atoms with Gasteiger partial charge in [-0.3, -0.25) is 4.98 Å². The van der Waals surface area contributed by atoms with Crippen LogP contribution in [0.2, 0.25) is 5.02 Å². The Morgan fingerprint density at radius 3 is 2.86 bits per heavy atom. The Bertz CT molecular complexity index is 478. The van der Waals surface area contributed by atoms with Crippen LogP contribution in [0.25, 0.3) is 10.9 Å². The molecule has 2 nitrogen and oxygen atoms in total. The number of phenols is 1. The van der Waals surface area contributed by atoms with Crippen molar-refractivity contribution in [2.75, 3.05) is 0 Å². The number of fused-ring (bicyclic) bond motifs is 1. The van der Waals surface area contributed by atoms with Crippen LogP contribution in [0.1, 0.15) is 0 Å². The third-order valence-corrected chi connectivity index (χ3v) is 2.90. The summed E-state index contributed by atoms with van der Waals surface area (Å²) < 4.78 is 0.716. The molecule has 0 spiro atoms. The van der Waals surface area contributed by atoms with Gasteiger partial charge in [-0.15, -0.1) is 0 Å². The van der Waals surface area contributed by atoms with Gasteiger partial charge >= 0.3 is 0 Å². The second-order valence-electron chi connectivity index (χ2n) is 2.59. The van der Waals surface area contributed by atoms with Crippen molar-refractivity contribution in [3.05, 3.63) is 33.0 Å². The van der Waals surface area contributed by atoms with Crippen molar-refractivity contribution in [1.29, 1.82) is 0 Å². The van der Waals surface area contributed by atoms with E-state index in [2.05, 4.69) is 4.98 Å². The molecular formula is C9H5ClINOTc. The number of halogens is 2. The van der Waals surface area contributed by atoms with Crippen molar-refractivity contribution in [2.24, 2.45) is 0 Å². The summed E-state index contributed by atoms with van der Waals surface area (Å²) in [6.07, 6.45) is 1.63. The van der Waals surface area contributed by atoms with Crippen LogP contribution < -0.4 is 0 Å². The Kier molecular flexibility index (Phi) is 4.13. The van der Waals surface area contributed by atoms with Gasteiger partial charge in [-0.25, -0.2) is 0 Å². The average Bonchev–Trinajstić information content (AvgIpc) is 2.15. The molecule has 5 heteroatoms. The molecular weight excluding hydrogens is 399 g/mol. The zero-order valence-corrected chi connectivity index (χ0v) is 11.6. The number of aromatic hydroxyl groups is 1. The van der Waals surface area contributed by atoms with E-state index in [1.165, 1.54) is 0 Å². The van der Waals surface area contributed by atoms with Gasteiger partial charge in [0.05, 0.1) is 8.59 Å². The van der Waals surface area contributed by atoms with E-state index in [1.54, 1.807) is 18.3 Å². The van der Waals surface area contributed by atoms with E-state index in [-0.39, 0.29) is 25.9 Å². The second-order valence-corrected chi connectivity index (χ2v) is 4.16. The van der Waals surface area contributed by atoms with Crippen molar-refractivity contribution in [3.63, 3.8) is 0 Å². The Morgan fingerprint density at radius 2 is 2.14 bits per heavy atom. The minimum Gasteiger partial charge on any atom is -0.505 e. The number of aromatic nitrogens is 1. The van der Waals surface area contributed by atoms with Crippen LogP contribution in [0.3, 0.4) is 0 Å². The van der Waals surface area contributed by atoms with Crippen LogP contribution in [0.15, 0.2) is 24.4 Å². The summed E-state index contributed by atoms with van der Waals surface area (Å²) in [5.41, 5.74) is 0.555. The summed E-state index contributed by atoms with van der Waals surface area (Å²) in [4.78, 5) is 4.06. The topological polar surface area (TPSA) is 33.1 Å². The molecule has 1 radical (unpaired) electrons. The number of rotatable bonds is 0. The second kappa shape index (κ2) is 4.75. The number of hydrogen-bond donors (Lipinski definition) is 1. The first-order valence-corrected chi connectivity index (χ1v) is 5.07. The minimum absolute atomic E-state index is 0. The number of phenolic OH excluding ortho intramolecular Hbond substituents is 1. The number of nitrogens with zero attached hydrogens (tertiary/aromatic N) is 1. The SMILES string of the molecule is Oc1c(I)cc(Cl)c2cccnc12.[99Tc]. The van der Waals surface area contributed by atoms with Crippen LogP contribution in [0.4, 0.5) is 0 Å². The largest absolute Gasteiger partial charge is 0.505 e. The first kappa shape index (κ1) is 12.2. The fourth-order valence-electron chi connectivity index (χ4n) is 1.16. The van der Waals surface area contributed by atoms with Gasteiger partial charge in [0.2, 0.25) is 0 Å². The van der Waals surface area contributed by atoms with E-state index in [9.17, 15) is 5.11 Å². The molecule has 1 N–H and O–H groups in total. The maximum atomic E-state index is 9.65. The summed E-state index contributed by atoms with van der Waals surface area (Å²) in [7, 11) is 0. The summed E-state index contributed by atoms with van der Waals surface area (Å²) >= 11 is 8.00. The molecule has 2 aromatic rings. The van der Waals surface area contributed by atoms with Crippen LogP contribution in [0, 0.1) is 3.57 Å². The fourth-order valence-corrected chi connectivity index (χ4v) is 2.17. The summed E-state index contributed by atoms with van der Waals surface area (Å²) in [5, 5.41) is 11.0. The smallest absolute Gasteiger partial charge is 0.155 e. The molecule has 0 bridgehead atoms. The van der Waals surface area contributed by atoms with Crippen molar-refractivity contribution >= 4 is 45.1 Å². The molecule has 1 aromatic heterocycles. The van der Waals surface area contributed by atoms with E-state index in [4.69, 9.17) is 11.6 Å². The standard InChI is InChI=1S/C9H5ClINO.Tc/c10-6-4-7(11)9(13)8-5(6)2-1-3-12-8;/h1-4,13H;/i;1+1. The predicted octanol–water partition coefficient (Wildman–Crippen LogP) is 3.20. The molecule has 0 amide bonds. The van der Waals surface area contributed by atoms with E-state index in [1.807, 2.05) is 28.7 Å². The maximum absolute atomic E-state index is 9.65. The molecule has 0 aliphatic carbocycles. The zero-order chi connectivity index (χ0) is 9.42. The summed E-state index contributed by atoms with van der Waals surface area (Å²) in [5.74, 6) is 0.195. The van der Waals surface area contributed by atoms with Gasteiger partial charge < -0.3 is 5.11 Å². The quantitative estimate of drug-likeness (QED) is 0.685. The number of hydrogen-bond acceptors (Lipinski definition) is 2. The number of benzene rings is 1. The molecule has 73 valence electrons. The monoisotopic (exact) mass is 404 g/mol. The van der Waals surface area contributed by atoms with Gasteiger partial charge in [0.1, 0.15) is 5.52 Å². The van der Waals surface area contributed by atoms with E-state index >= 15 is 0 Å².